The summed E-state index contributed by atoms with van der Waals surface area (Å²) in [7, 11) is -3.38. The molecule has 3 nitrogen and oxygen atoms in total. The Hall–Kier alpha value is -0.0900. The highest BCUT2D eigenvalue weighted by atomic mass is 32.2. The van der Waals surface area contributed by atoms with Crippen molar-refractivity contribution in [1.82, 2.24) is 0 Å². The lowest BCUT2D eigenvalue weighted by molar-refractivity contribution is 0.233. The molecule has 0 bridgehead atoms. The summed E-state index contributed by atoms with van der Waals surface area (Å²) < 4.78 is 22.1. The number of aliphatic hydroxyl groups is 1. The highest BCUT2D eigenvalue weighted by Gasteiger charge is 2.35. The Morgan fingerprint density at radius 1 is 1.33 bits per heavy atom. The zero-order valence-corrected chi connectivity index (χ0v) is 8.98. The summed E-state index contributed by atoms with van der Waals surface area (Å²) in [5.41, 5.74) is -1.21. The molecule has 1 unspecified atom stereocenters. The van der Waals surface area contributed by atoms with Gasteiger partial charge in [-0.2, -0.15) is 0 Å². The van der Waals surface area contributed by atoms with Gasteiger partial charge in [-0.15, -0.1) is 0 Å². The molecule has 1 N–H and O–H groups in total. The van der Waals surface area contributed by atoms with Gasteiger partial charge in [0.2, 0.25) is 0 Å². The van der Waals surface area contributed by atoms with Gasteiger partial charge < -0.3 is 5.11 Å². The quantitative estimate of drug-likeness (QED) is 0.737. The van der Waals surface area contributed by atoms with Crippen molar-refractivity contribution in [2.45, 2.75) is 50.7 Å². The van der Waals surface area contributed by atoms with Crippen LogP contribution in [0.25, 0.3) is 0 Å². The lowest BCUT2D eigenvalue weighted by Crippen LogP contribution is -2.37. The predicted molar refractivity (Wildman–Crippen MR) is 49.6 cm³/mol. The summed E-state index contributed by atoms with van der Waals surface area (Å²) in [6.07, 6.45) is 0.996. The van der Waals surface area contributed by atoms with E-state index in [0.717, 1.165) is 0 Å². The summed E-state index contributed by atoms with van der Waals surface area (Å²) >= 11 is 0. The molecule has 0 radical (unpaired) electrons. The molecule has 0 spiro atoms. The van der Waals surface area contributed by atoms with Crippen LogP contribution in [-0.4, -0.2) is 23.7 Å². The summed E-state index contributed by atoms with van der Waals surface area (Å²) in [5.74, 6) is 0. The minimum absolute atomic E-state index is 0.319. The first kappa shape index (κ1) is 11.9. The Kier molecular flexibility index (Phi) is 3.72. The number of hydrogen-bond acceptors (Lipinski definition) is 3. The molecule has 0 aromatic carbocycles. The summed E-state index contributed by atoms with van der Waals surface area (Å²) in [6, 6.07) is 0. The van der Waals surface area contributed by atoms with Crippen LogP contribution >= 0.6 is 0 Å². The molecule has 0 heterocycles. The van der Waals surface area contributed by atoms with Crippen LogP contribution in [0.2, 0.25) is 0 Å². The topological polar surface area (TPSA) is 54.4 Å². The van der Waals surface area contributed by atoms with Gasteiger partial charge in [0, 0.05) is 0 Å². The Labute approximate surface area is 74.7 Å². The lowest BCUT2D eigenvalue weighted by Gasteiger charge is -2.22. The molecule has 0 aliphatic carbocycles. The molecule has 4 heteroatoms. The third kappa shape index (κ3) is 2.45. The van der Waals surface area contributed by atoms with E-state index in [1.807, 2.05) is 6.92 Å². The summed E-state index contributed by atoms with van der Waals surface area (Å²) in [4.78, 5) is 0. The van der Waals surface area contributed by atoms with Gasteiger partial charge in [0.15, 0.2) is 15.3 Å². The fourth-order valence-corrected chi connectivity index (χ4v) is 2.17. The maximum absolute atomic E-state index is 11.5. The summed E-state index contributed by atoms with van der Waals surface area (Å²) in [6.45, 7) is 6.64. The molecular formula is C8H18O3S. The molecule has 12 heavy (non-hydrogen) atoms. The number of hydrogen-bond donors (Lipinski definition) is 1. The fraction of sp³-hybridized carbons (Fsp3) is 1.00. The molecule has 0 rings (SSSR count). The molecule has 1 atom stereocenters. The Bertz CT molecular complexity index is 223. The Morgan fingerprint density at radius 2 is 1.75 bits per heavy atom. The van der Waals surface area contributed by atoms with E-state index in [1.165, 1.54) is 0 Å². The minimum atomic E-state index is -3.38. The van der Waals surface area contributed by atoms with E-state index in [1.54, 1.807) is 20.8 Å². The van der Waals surface area contributed by atoms with Crippen LogP contribution in [0.5, 0.6) is 0 Å². The molecule has 0 aliphatic heterocycles. The van der Waals surface area contributed by atoms with Crippen molar-refractivity contribution in [3.63, 3.8) is 0 Å². The first-order valence-corrected chi connectivity index (χ1v) is 5.69. The SMILES string of the molecule is CCCC(O)S(=O)(=O)C(C)(C)C. The van der Waals surface area contributed by atoms with Crippen molar-refractivity contribution in [2.24, 2.45) is 0 Å². The van der Waals surface area contributed by atoms with E-state index in [4.69, 9.17) is 0 Å². The van der Waals surface area contributed by atoms with Crippen LogP contribution in [-0.2, 0) is 9.84 Å². The molecular weight excluding hydrogens is 176 g/mol. The smallest absolute Gasteiger partial charge is 0.181 e. The molecule has 0 aromatic rings. The second-order valence-electron chi connectivity index (χ2n) is 3.90. The van der Waals surface area contributed by atoms with Crippen molar-refractivity contribution in [3.05, 3.63) is 0 Å². The van der Waals surface area contributed by atoms with E-state index in [2.05, 4.69) is 0 Å². The van der Waals surface area contributed by atoms with Crippen LogP contribution < -0.4 is 0 Å². The largest absolute Gasteiger partial charge is 0.377 e. The van der Waals surface area contributed by atoms with E-state index < -0.39 is 20.0 Å². The average Bonchev–Trinajstić information content (AvgIpc) is 1.85. The number of rotatable bonds is 3. The van der Waals surface area contributed by atoms with Gasteiger partial charge >= 0.3 is 0 Å². The van der Waals surface area contributed by atoms with Crippen LogP contribution in [0.1, 0.15) is 40.5 Å². The third-order valence-corrected chi connectivity index (χ3v) is 4.41. The van der Waals surface area contributed by atoms with E-state index in [-0.39, 0.29) is 0 Å². The third-order valence-electron chi connectivity index (χ3n) is 1.75. The zero-order valence-electron chi connectivity index (χ0n) is 8.16. The molecule has 0 fully saturated rings. The average molecular weight is 194 g/mol. The van der Waals surface area contributed by atoms with Gasteiger partial charge in [-0.3, -0.25) is 0 Å². The van der Waals surface area contributed by atoms with Crippen molar-refractivity contribution >= 4 is 9.84 Å². The standard InChI is InChI=1S/C8H18O3S/c1-5-6-7(9)12(10,11)8(2,3)4/h7,9H,5-6H2,1-4H3. The van der Waals surface area contributed by atoms with Crippen LogP contribution in [0.3, 0.4) is 0 Å². The molecule has 74 valence electrons. The van der Waals surface area contributed by atoms with Crippen LogP contribution in [0.15, 0.2) is 0 Å². The maximum Gasteiger partial charge on any atom is 0.181 e. The fourth-order valence-electron chi connectivity index (χ4n) is 0.810. The second kappa shape index (κ2) is 3.75. The first-order chi connectivity index (χ1) is 5.23. The van der Waals surface area contributed by atoms with E-state index in [9.17, 15) is 13.5 Å². The molecule has 0 saturated carbocycles. The number of aliphatic hydroxyl groups excluding tert-OH is 1. The van der Waals surface area contributed by atoms with Gasteiger partial charge in [0.1, 0.15) is 0 Å². The van der Waals surface area contributed by atoms with Crippen molar-refractivity contribution in [2.75, 3.05) is 0 Å². The van der Waals surface area contributed by atoms with Gasteiger partial charge in [-0.05, 0) is 27.2 Å². The van der Waals surface area contributed by atoms with Crippen molar-refractivity contribution in [1.29, 1.82) is 0 Å². The molecule has 0 aliphatic rings. The predicted octanol–water partition coefficient (Wildman–Crippen LogP) is 1.32. The minimum Gasteiger partial charge on any atom is -0.377 e. The van der Waals surface area contributed by atoms with Gasteiger partial charge in [0.05, 0.1) is 4.75 Å². The summed E-state index contributed by atoms with van der Waals surface area (Å²) in [5, 5.41) is 9.32. The molecule has 0 aromatic heterocycles. The van der Waals surface area contributed by atoms with Crippen LogP contribution in [0, 0.1) is 0 Å². The van der Waals surface area contributed by atoms with Gasteiger partial charge in [-0.1, -0.05) is 13.3 Å². The molecule has 0 saturated heterocycles. The van der Waals surface area contributed by atoms with Crippen molar-refractivity contribution in [3.8, 4) is 0 Å². The zero-order chi connectivity index (χ0) is 9.99. The van der Waals surface area contributed by atoms with E-state index in [0.29, 0.717) is 12.8 Å². The monoisotopic (exact) mass is 194 g/mol. The van der Waals surface area contributed by atoms with Crippen molar-refractivity contribution < 1.29 is 13.5 Å². The highest BCUT2D eigenvalue weighted by Crippen LogP contribution is 2.21. The van der Waals surface area contributed by atoms with Crippen LogP contribution in [0.4, 0.5) is 0 Å². The normalized spacial score (nSPS) is 16.1. The van der Waals surface area contributed by atoms with E-state index >= 15 is 0 Å². The highest BCUT2D eigenvalue weighted by molar-refractivity contribution is 7.93. The Morgan fingerprint density at radius 3 is 2.00 bits per heavy atom. The number of sulfone groups is 1. The Balaban J connectivity index is 4.64. The maximum atomic E-state index is 11.5. The van der Waals surface area contributed by atoms with Gasteiger partial charge in [-0.25, -0.2) is 8.42 Å². The lowest BCUT2D eigenvalue weighted by atomic mass is 10.3. The molecule has 0 amide bonds. The first-order valence-electron chi connectivity index (χ1n) is 4.15. The van der Waals surface area contributed by atoms with Gasteiger partial charge in [0.25, 0.3) is 0 Å². The second-order valence-corrected chi connectivity index (χ2v) is 6.76.